The summed E-state index contributed by atoms with van der Waals surface area (Å²) < 4.78 is 1.66. The molecule has 1 atom stereocenters. The third kappa shape index (κ3) is 2.26. The first-order valence-corrected chi connectivity index (χ1v) is 9.49. The molecule has 4 heterocycles. The Bertz CT molecular complexity index is 977. The lowest BCUT2D eigenvalue weighted by atomic mass is 10.0. The van der Waals surface area contributed by atoms with Gasteiger partial charge in [-0.2, -0.15) is 5.12 Å². The van der Waals surface area contributed by atoms with Crippen molar-refractivity contribution in [1.82, 2.24) is 24.5 Å². The Kier molecular flexibility index (Phi) is 2.93. The Morgan fingerprint density at radius 2 is 2.11 bits per heavy atom. The fourth-order valence-corrected chi connectivity index (χ4v) is 4.22. The van der Waals surface area contributed by atoms with Gasteiger partial charge in [-0.15, -0.1) is 9.89 Å². The van der Waals surface area contributed by atoms with E-state index in [1.165, 1.54) is 12.8 Å². The van der Waals surface area contributed by atoms with E-state index in [1.54, 1.807) is 15.5 Å². The lowest BCUT2D eigenvalue weighted by Gasteiger charge is -2.41. The van der Waals surface area contributed by atoms with Crippen LogP contribution in [0.3, 0.4) is 0 Å². The number of para-hydroxylation sites is 1. The van der Waals surface area contributed by atoms with E-state index in [4.69, 9.17) is 16.8 Å². The molecular weight excluding hydrogens is 364 g/mol. The summed E-state index contributed by atoms with van der Waals surface area (Å²) in [5.41, 5.74) is 3.69. The van der Waals surface area contributed by atoms with Gasteiger partial charge in [0.25, 0.3) is 0 Å². The molecule has 0 bridgehead atoms. The predicted molar refractivity (Wildman–Crippen MR) is 102 cm³/mol. The van der Waals surface area contributed by atoms with Gasteiger partial charge in [-0.05, 0) is 36.0 Å². The molecule has 1 aromatic carbocycles. The molecule has 1 aliphatic carbocycles. The first-order valence-electron chi connectivity index (χ1n) is 9.15. The van der Waals surface area contributed by atoms with Crippen molar-refractivity contribution in [3.05, 3.63) is 53.7 Å². The highest BCUT2D eigenvalue weighted by Gasteiger charge is 2.44. The van der Waals surface area contributed by atoms with Gasteiger partial charge in [0.05, 0.1) is 23.8 Å². The smallest absolute Gasteiger partial charge is 0.173 e. The number of rotatable bonds is 3. The Morgan fingerprint density at radius 3 is 2.96 bits per heavy atom. The van der Waals surface area contributed by atoms with E-state index < -0.39 is 0 Å². The second-order valence-corrected chi connectivity index (χ2v) is 8.37. The van der Waals surface area contributed by atoms with Gasteiger partial charge in [-0.3, -0.25) is 4.42 Å². The minimum Gasteiger partial charge on any atom is -0.305 e. The number of hydrogen-bond donors (Lipinski definition) is 0. The monoisotopic (exact) mass is 382 g/mol. The number of hydrogen-bond acceptors (Lipinski definition) is 7. The number of benzene rings is 1. The van der Waals surface area contributed by atoms with Crippen LogP contribution < -0.4 is 10.0 Å². The number of nitrogens with zero attached hydrogens (tertiary/aromatic N) is 8. The van der Waals surface area contributed by atoms with E-state index in [1.807, 2.05) is 29.6 Å². The Balaban J connectivity index is 1.38. The van der Waals surface area contributed by atoms with E-state index >= 15 is 0 Å². The molecule has 8 nitrogen and oxygen atoms in total. The molecule has 9 heteroatoms. The van der Waals surface area contributed by atoms with Gasteiger partial charge in [0.2, 0.25) is 0 Å². The molecule has 3 aliphatic heterocycles. The summed E-state index contributed by atoms with van der Waals surface area (Å²) in [4.78, 5) is 8.69. The Hall–Kier alpha value is -2.74. The zero-order valence-corrected chi connectivity index (χ0v) is 15.7. The molecule has 0 N–H and O–H groups in total. The van der Waals surface area contributed by atoms with Crippen molar-refractivity contribution in [3.8, 4) is 0 Å². The molecule has 6 rings (SSSR count). The SMILES string of the molecule is CC1(Cc2cn(N3C=NC4c5ccccc5N5CN(Cl)C=C5N43)nn2)CC1. The summed E-state index contributed by atoms with van der Waals surface area (Å²) >= 11 is 6.32. The number of aromatic nitrogens is 3. The highest BCUT2D eigenvalue weighted by Crippen LogP contribution is 2.48. The van der Waals surface area contributed by atoms with Crippen LogP contribution in [-0.4, -0.2) is 37.5 Å². The normalized spacial score (nSPS) is 24.1. The molecule has 1 saturated carbocycles. The summed E-state index contributed by atoms with van der Waals surface area (Å²) in [6, 6.07) is 8.31. The lowest BCUT2D eigenvalue weighted by molar-refractivity contribution is 0.226. The maximum Gasteiger partial charge on any atom is 0.173 e. The van der Waals surface area contributed by atoms with Crippen LogP contribution in [0.15, 0.2) is 47.5 Å². The quantitative estimate of drug-likeness (QED) is 0.760. The van der Waals surface area contributed by atoms with Crippen LogP contribution >= 0.6 is 11.8 Å². The average molecular weight is 383 g/mol. The summed E-state index contributed by atoms with van der Waals surface area (Å²) in [6.07, 6.45) is 9.09. The number of fused-ring (bicyclic) bond motifs is 6. The number of halogens is 1. The van der Waals surface area contributed by atoms with Gasteiger partial charge < -0.3 is 4.90 Å². The van der Waals surface area contributed by atoms with Crippen LogP contribution in [0.2, 0.25) is 0 Å². The van der Waals surface area contributed by atoms with Gasteiger partial charge in [-0.1, -0.05) is 25.1 Å². The van der Waals surface area contributed by atoms with E-state index in [-0.39, 0.29) is 6.17 Å². The molecule has 0 saturated heterocycles. The topological polar surface area (TPSA) is 56.0 Å². The van der Waals surface area contributed by atoms with Crippen molar-refractivity contribution in [3.63, 3.8) is 0 Å². The molecule has 0 radical (unpaired) electrons. The van der Waals surface area contributed by atoms with Crippen molar-refractivity contribution >= 4 is 23.8 Å². The van der Waals surface area contributed by atoms with Crippen LogP contribution in [0.25, 0.3) is 0 Å². The lowest BCUT2D eigenvalue weighted by Crippen LogP contribution is -2.51. The molecule has 0 amide bonds. The predicted octanol–water partition coefficient (Wildman–Crippen LogP) is 2.56. The van der Waals surface area contributed by atoms with Crippen LogP contribution in [0.1, 0.15) is 37.2 Å². The van der Waals surface area contributed by atoms with Crippen LogP contribution in [0.5, 0.6) is 0 Å². The molecule has 1 fully saturated rings. The molecule has 27 heavy (non-hydrogen) atoms. The van der Waals surface area contributed by atoms with E-state index in [9.17, 15) is 0 Å². The first kappa shape index (κ1) is 15.3. The third-order valence-corrected chi connectivity index (χ3v) is 5.97. The maximum atomic E-state index is 6.32. The second kappa shape index (κ2) is 5.16. The Labute approximate surface area is 162 Å². The molecule has 1 unspecified atom stereocenters. The molecule has 4 aliphatic rings. The maximum absolute atomic E-state index is 6.32. The van der Waals surface area contributed by atoms with E-state index in [0.29, 0.717) is 12.1 Å². The molecule has 0 spiro atoms. The van der Waals surface area contributed by atoms with Crippen molar-refractivity contribution in [2.24, 2.45) is 10.4 Å². The van der Waals surface area contributed by atoms with Crippen molar-refractivity contribution in [2.45, 2.75) is 32.4 Å². The fourth-order valence-electron chi connectivity index (χ4n) is 4.02. The van der Waals surface area contributed by atoms with E-state index in [2.05, 4.69) is 39.3 Å². The van der Waals surface area contributed by atoms with Crippen LogP contribution in [0.4, 0.5) is 5.69 Å². The third-order valence-electron chi connectivity index (χ3n) is 5.76. The van der Waals surface area contributed by atoms with Crippen molar-refractivity contribution < 1.29 is 0 Å². The molecule has 2 aromatic rings. The summed E-state index contributed by atoms with van der Waals surface area (Å²) in [7, 11) is 0. The van der Waals surface area contributed by atoms with Gasteiger partial charge in [-0.25, -0.2) is 10.0 Å². The van der Waals surface area contributed by atoms with Gasteiger partial charge in [0.15, 0.2) is 12.0 Å². The molecule has 138 valence electrons. The van der Waals surface area contributed by atoms with Crippen LogP contribution in [0, 0.1) is 5.41 Å². The minimum atomic E-state index is -0.138. The largest absolute Gasteiger partial charge is 0.305 e. The highest BCUT2D eigenvalue weighted by atomic mass is 35.5. The zero-order chi connectivity index (χ0) is 18.2. The average Bonchev–Trinajstić information content (AvgIpc) is 3.06. The van der Waals surface area contributed by atoms with Gasteiger partial charge in [0, 0.05) is 17.3 Å². The van der Waals surface area contributed by atoms with Crippen LogP contribution in [-0.2, 0) is 6.42 Å². The number of anilines is 1. The zero-order valence-electron chi connectivity index (χ0n) is 14.9. The van der Waals surface area contributed by atoms with Gasteiger partial charge >= 0.3 is 0 Å². The second-order valence-electron chi connectivity index (χ2n) is 7.94. The van der Waals surface area contributed by atoms with E-state index in [0.717, 1.165) is 29.2 Å². The van der Waals surface area contributed by atoms with Crippen molar-refractivity contribution in [2.75, 3.05) is 16.7 Å². The number of hydrazine groups is 1. The number of aliphatic imine (C=N–C) groups is 1. The molecular formula is C18H19ClN8. The summed E-state index contributed by atoms with van der Waals surface area (Å²) in [5, 5.41) is 12.7. The summed E-state index contributed by atoms with van der Waals surface area (Å²) in [5.74, 6) is 0.970. The fraction of sp³-hybridized carbons (Fsp3) is 0.389. The first-order chi connectivity index (χ1) is 13.1. The Morgan fingerprint density at radius 1 is 1.26 bits per heavy atom. The van der Waals surface area contributed by atoms with Crippen molar-refractivity contribution in [1.29, 1.82) is 0 Å². The standard InChI is InChI=1S/C18H19ClN8/c1-18(6-7-18)8-13-9-25(22-21-13)26-11-20-17-14-4-2-3-5-15(14)24-12-23(19)10-16(24)27(17)26/h2-5,9-11,17H,6-8,12H2,1H3. The molecule has 1 aromatic heterocycles. The highest BCUT2D eigenvalue weighted by molar-refractivity contribution is 6.14. The minimum absolute atomic E-state index is 0.138. The van der Waals surface area contributed by atoms with Gasteiger partial charge in [0.1, 0.15) is 13.0 Å². The summed E-state index contributed by atoms with van der Waals surface area (Å²) in [6.45, 7) is 2.89.